The third-order valence-electron chi connectivity index (χ3n) is 3.63. The Bertz CT molecular complexity index is 386. The lowest BCUT2D eigenvalue weighted by Crippen LogP contribution is -2.42. The van der Waals surface area contributed by atoms with Gasteiger partial charge in [-0.15, -0.1) is 0 Å². The van der Waals surface area contributed by atoms with Gasteiger partial charge in [0.05, 0.1) is 0 Å². The van der Waals surface area contributed by atoms with Crippen LogP contribution in [-0.2, 0) is 6.54 Å². The van der Waals surface area contributed by atoms with Gasteiger partial charge in [0, 0.05) is 24.2 Å². The van der Waals surface area contributed by atoms with Crippen molar-refractivity contribution in [2.75, 3.05) is 20.1 Å². The summed E-state index contributed by atoms with van der Waals surface area (Å²) < 4.78 is 0. The number of rotatable bonds is 4. The van der Waals surface area contributed by atoms with Crippen LogP contribution in [0.15, 0.2) is 18.2 Å². The molecule has 0 radical (unpaired) electrons. The summed E-state index contributed by atoms with van der Waals surface area (Å²) in [6, 6.07) is 7.02. The molecule has 0 amide bonds. The van der Waals surface area contributed by atoms with E-state index in [0.29, 0.717) is 6.04 Å². The van der Waals surface area contributed by atoms with Crippen LogP contribution in [0.5, 0.6) is 0 Å². The lowest BCUT2D eigenvalue weighted by Gasteiger charge is -2.28. The molecule has 1 unspecified atom stereocenters. The van der Waals surface area contributed by atoms with Crippen molar-refractivity contribution in [1.82, 2.24) is 10.2 Å². The zero-order valence-electron chi connectivity index (χ0n) is 11.4. The summed E-state index contributed by atoms with van der Waals surface area (Å²) in [5.41, 5.74) is 2.45. The average molecular weight is 267 g/mol. The van der Waals surface area contributed by atoms with Crippen molar-refractivity contribution in [1.29, 1.82) is 0 Å². The van der Waals surface area contributed by atoms with Gasteiger partial charge in [-0.2, -0.15) is 0 Å². The quantitative estimate of drug-likeness (QED) is 0.900. The summed E-state index contributed by atoms with van der Waals surface area (Å²) in [5, 5.41) is 4.46. The number of piperidine rings is 1. The van der Waals surface area contributed by atoms with E-state index < -0.39 is 0 Å². The molecule has 1 fully saturated rings. The second kappa shape index (κ2) is 6.55. The van der Waals surface area contributed by atoms with Gasteiger partial charge >= 0.3 is 0 Å². The Kier molecular flexibility index (Phi) is 5.04. The maximum atomic E-state index is 6.16. The van der Waals surface area contributed by atoms with Crippen LogP contribution in [0.2, 0.25) is 5.02 Å². The Balaban J connectivity index is 1.85. The Morgan fingerprint density at radius 2 is 2.22 bits per heavy atom. The zero-order valence-corrected chi connectivity index (χ0v) is 12.1. The molecule has 18 heavy (non-hydrogen) atoms. The fourth-order valence-electron chi connectivity index (χ4n) is 2.57. The molecular formula is C15H23ClN2. The van der Waals surface area contributed by atoms with Crippen LogP contribution >= 0.6 is 11.6 Å². The molecule has 1 aromatic carbocycles. The van der Waals surface area contributed by atoms with E-state index in [1.54, 1.807) is 0 Å². The molecule has 2 rings (SSSR count). The molecule has 1 atom stereocenters. The van der Waals surface area contributed by atoms with Crippen molar-refractivity contribution < 1.29 is 0 Å². The van der Waals surface area contributed by atoms with Crippen LogP contribution in [0.1, 0.15) is 30.4 Å². The fourth-order valence-corrected chi connectivity index (χ4v) is 2.77. The molecule has 2 nitrogen and oxygen atoms in total. The summed E-state index contributed by atoms with van der Waals surface area (Å²) in [7, 11) is 2.18. The number of nitrogens with zero attached hydrogens (tertiary/aromatic N) is 1. The smallest absolute Gasteiger partial charge is 0.0438 e. The van der Waals surface area contributed by atoms with Gasteiger partial charge in [-0.3, -0.25) is 0 Å². The first-order chi connectivity index (χ1) is 8.65. The lowest BCUT2D eigenvalue weighted by molar-refractivity contribution is 0.256. The number of nitrogens with one attached hydrogen (secondary N) is 1. The molecular weight excluding hydrogens is 244 g/mol. The second-order valence-electron chi connectivity index (χ2n) is 5.43. The van der Waals surface area contributed by atoms with Crippen molar-refractivity contribution in [3.8, 4) is 0 Å². The maximum Gasteiger partial charge on any atom is 0.0438 e. The van der Waals surface area contributed by atoms with E-state index in [-0.39, 0.29) is 0 Å². The average Bonchev–Trinajstić information content (AvgIpc) is 2.35. The monoisotopic (exact) mass is 266 g/mol. The van der Waals surface area contributed by atoms with E-state index >= 15 is 0 Å². The molecule has 0 aromatic heterocycles. The van der Waals surface area contributed by atoms with Gasteiger partial charge in [0.15, 0.2) is 0 Å². The molecule has 0 saturated carbocycles. The molecule has 0 bridgehead atoms. The predicted octanol–water partition coefficient (Wildman–Crippen LogP) is 3.22. The van der Waals surface area contributed by atoms with E-state index in [1.807, 2.05) is 6.92 Å². The summed E-state index contributed by atoms with van der Waals surface area (Å²) in [6.45, 7) is 5.31. The zero-order chi connectivity index (χ0) is 13.0. The van der Waals surface area contributed by atoms with Gasteiger partial charge in [-0.1, -0.05) is 30.2 Å². The number of hydrogen-bond acceptors (Lipinski definition) is 2. The highest BCUT2D eigenvalue weighted by molar-refractivity contribution is 6.31. The first kappa shape index (κ1) is 13.9. The number of benzene rings is 1. The van der Waals surface area contributed by atoms with Gasteiger partial charge in [0.25, 0.3) is 0 Å². The minimum Gasteiger partial charge on any atom is -0.313 e. The minimum absolute atomic E-state index is 0.657. The van der Waals surface area contributed by atoms with Gasteiger partial charge in [-0.05, 0) is 50.6 Å². The van der Waals surface area contributed by atoms with Crippen LogP contribution in [-0.4, -0.2) is 31.1 Å². The third-order valence-corrected chi connectivity index (χ3v) is 4.04. The van der Waals surface area contributed by atoms with Crippen LogP contribution in [0.4, 0.5) is 0 Å². The standard InChI is InChI=1S/C15H23ClN2/c1-12-6-7-13(9-15(12)16)10-18(2)11-14-5-3-4-8-17-14/h6-7,9,14,17H,3-5,8,10-11H2,1-2H3. The van der Waals surface area contributed by atoms with Crippen molar-refractivity contribution in [2.45, 2.75) is 38.8 Å². The molecule has 0 spiro atoms. The van der Waals surface area contributed by atoms with Gasteiger partial charge in [-0.25, -0.2) is 0 Å². The van der Waals surface area contributed by atoms with Gasteiger partial charge in [0.2, 0.25) is 0 Å². The molecule has 1 aromatic rings. The van der Waals surface area contributed by atoms with E-state index in [4.69, 9.17) is 11.6 Å². The van der Waals surface area contributed by atoms with Gasteiger partial charge < -0.3 is 10.2 Å². The first-order valence-corrected chi connectivity index (χ1v) is 7.20. The number of aryl methyl sites for hydroxylation is 1. The summed E-state index contributed by atoms with van der Waals surface area (Å²) in [5.74, 6) is 0. The van der Waals surface area contributed by atoms with E-state index in [9.17, 15) is 0 Å². The number of halogens is 1. The molecule has 3 heteroatoms. The van der Waals surface area contributed by atoms with Crippen molar-refractivity contribution in [3.63, 3.8) is 0 Å². The third kappa shape index (κ3) is 3.98. The van der Waals surface area contributed by atoms with E-state index in [2.05, 4.69) is 35.5 Å². The number of likely N-dealkylation sites (N-methyl/N-ethyl adjacent to an activating group) is 1. The summed E-state index contributed by atoms with van der Waals surface area (Å²) in [4.78, 5) is 2.38. The highest BCUT2D eigenvalue weighted by Crippen LogP contribution is 2.18. The van der Waals surface area contributed by atoms with Crippen LogP contribution in [0.25, 0.3) is 0 Å². The Morgan fingerprint density at radius 1 is 1.39 bits per heavy atom. The van der Waals surface area contributed by atoms with Crippen LogP contribution in [0, 0.1) is 6.92 Å². The minimum atomic E-state index is 0.657. The van der Waals surface area contributed by atoms with Crippen LogP contribution < -0.4 is 5.32 Å². The van der Waals surface area contributed by atoms with Crippen molar-refractivity contribution in [3.05, 3.63) is 34.3 Å². The van der Waals surface area contributed by atoms with E-state index in [1.165, 1.54) is 31.4 Å². The summed E-state index contributed by atoms with van der Waals surface area (Å²) in [6.07, 6.45) is 3.99. The molecule has 1 aliphatic rings. The molecule has 1 N–H and O–H groups in total. The molecule has 1 saturated heterocycles. The SMILES string of the molecule is Cc1ccc(CN(C)CC2CCCCN2)cc1Cl. The van der Waals surface area contributed by atoms with Crippen molar-refractivity contribution in [2.24, 2.45) is 0 Å². The Labute approximate surface area is 115 Å². The second-order valence-corrected chi connectivity index (χ2v) is 5.83. The summed E-state index contributed by atoms with van der Waals surface area (Å²) >= 11 is 6.16. The highest BCUT2D eigenvalue weighted by atomic mass is 35.5. The Morgan fingerprint density at radius 3 is 2.89 bits per heavy atom. The topological polar surface area (TPSA) is 15.3 Å². The fraction of sp³-hybridized carbons (Fsp3) is 0.600. The number of hydrogen-bond donors (Lipinski definition) is 1. The van der Waals surface area contributed by atoms with Crippen molar-refractivity contribution >= 4 is 11.6 Å². The largest absolute Gasteiger partial charge is 0.313 e. The maximum absolute atomic E-state index is 6.16. The van der Waals surface area contributed by atoms with E-state index in [0.717, 1.165) is 23.7 Å². The molecule has 1 heterocycles. The Hall–Kier alpha value is -0.570. The molecule has 1 aliphatic heterocycles. The molecule has 100 valence electrons. The van der Waals surface area contributed by atoms with Crippen LogP contribution in [0.3, 0.4) is 0 Å². The highest BCUT2D eigenvalue weighted by Gasteiger charge is 2.14. The van der Waals surface area contributed by atoms with Gasteiger partial charge in [0.1, 0.15) is 0 Å². The normalized spacial score (nSPS) is 20.3. The molecule has 0 aliphatic carbocycles. The lowest BCUT2D eigenvalue weighted by atomic mass is 10.0. The first-order valence-electron chi connectivity index (χ1n) is 6.82. The predicted molar refractivity (Wildman–Crippen MR) is 78.2 cm³/mol.